The van der Waals surface area contributed by atoms with E-state index in [0.29, 0.717) is 5.75 Å². The Morgan fingerprint density at radius 1 is 0.808 bits per heavy atom. The van der Waals surface area contributed by atoms with Gasteiger partial charge in [-0.05, 0) is 5.75 Å². The van der Waals surface area contributed by atoms with Crippen LogP contribution >= 0.6 is 11.8 Å². The van der Waals surface area contributed by atoms with Gasteiger partial charge >= 0.3 is 23.9 Å². The largest absolute Gasteiger partial charge is 0.463 e. The second-order valence-electron chi connectivity index (χ2n) is 5.52. The van der Waals surface area contributed by atoms with Crippen molar-refractivity contribution in [1.29, 1.82) is 0 Å². The molecule has 1 aliphatic rings. The van der Waals surface area contributed by atoms with Gasteiger partial charge in [-0.25, -0.2) is 0 Å². The summed E-state index contributed by atoms with van der Waals surface area (Å²) in [5, 5.41) is 0. The summed E-state index contributed by atoms with van der Waals surface area (Å²) in [5.41, 5.74) is -0.694. The third-order valence-corrected chi connectivity index (χ3v) is 4.32. The van der Waals surface area contributed by atoms with E-state index in [1.165, 1.54) is 39.5 Å². The van der Waals surface area contributed by atoms with E-state index in [2.05, 4.69) is 0 Å². The summed E-state index contributed by atoms with van der Waals surface area (Å²) in [7, 11) is 0. The summed E-state index contributed by atoms with van der Waals surface area (Å²) in [4.78, 5) is 45.8. The van der Waals surface area contributed by atoms with Gasteiger partial charge in [-0.3, -0.25) is 19.2 Å². The van der Waals surface area contributed by atoms with Crippen molar-refractivity contribution in [3.8, 4) is 0 Å². The van der Waals surface area contributed by atoms with E-state index in [0.717, 1.165) is 0 Å². The van der Waals surface area contributed by atoms with Gasteiger partial charge in [0.15, 0.2) is 18.3 Å². The van der Waals surface area contributed by atoms with E-state index in [1.54, 1.807) is 0 Å². The Balaban J connectivity index is 3.22. The van der Waals surface area contributed by atoms with Gasteiger partial charge in [0.25, 0.3) is 0 Å². The molecule has 1 unspecified atom stereocenters. The molecule has 0 spiro atoms. The minimum Gasteiger partial charge on any atom is -0.463 e. The van der Waals surface area contributed by atoms with Gasteiger partial charge in [-0.2, -0.15) is 0 Å². The first-order chi connectivity index (χ1) is 12.1. The highest BCUT2D eigenvalue weighted by Gasteiger charge is 2.52. The number of hydrogen-bond donors (Lipinski definition) is 0. The second kappa shape index (κ2) is 10.4. The summed E-state index contributed by atoms with van der Waals surface area (Å²) >= 11 is 1.32. The zero-order chi connectivity index (χ0) is 19.9. The van der Waals surface area contributed by atoms with Gasteiger partial charge in [0.1, 0.15) is 18.1 Å². The Bertz CT molecular complexity index is 536. The lowest BCUT2D eigenvalue weighted by Crippen LogP contribution is -2.61. The highest BCUT2D eigenvalue weighted by molar-refractivity contribution is 7.99. The summed E-state index contributed by atoms with van der Waals surface area (Å²) in [6.45, 7) is 6.48. The molecule has 9 nitrogen and oxygen atoms in total. The Labute approximate surface area is 156 Å². The van der Waals surface area contributed by atoms with E-state index >= 15 is 0 Å². The molecule has 1 heterocycles. The number of esters is 4. The first-order valence-corrected chi connectivity index (χ1v) is 9.12. The third-order valence-electron chi connectivity index (χ3n) is 3.28. The summed E-state index contributed by atoms with van der Waals surface area (Å²) in [6, 6.07) is 0. The maximum atomic E-state index is 11.6. The zero-order valence-corrected chi connectivity index (χ0v) is 16.2. The van der Waals surface area contributed by atoms with Crippen LogP contribution in [-0.2, 0) is 42.9 Å². The number of rotatable bonds is 7. The molecule has 0 N–H and O–H groups in total. The molecule has 0 saturated carbocycles. The maximum absolute atomic E-state index is 11.6. The van der Waals surface area contributed by atoms with Crippen LogP contribution in [0.25, 0.3) is 0 Å². The maximum Gasteiger partial charge on any atom is 0.303 e. The van der Waals surface area contributed by atoms with Crippen molar-refractivity contribution in [1.82, 2.24) is 0 Å². The smallest absolute Gasteiger partial charge is 0.303 e. The Morgan fingerprint density at radius 3 is 1.77 bits per heavy atom. The monoisotopic (exact) mass is 392 g/mol. The van der Waals surface area contributed by atoms with Gasteiger partial charge in [0.2, 0.25) is 0 Å². The Kier molecular flexibility index (Phi) is 8.86. The lowest BCUT2D eigenvalue weighted by Gasteiger charge is -2.44. The predicted molar refractivity (Wildman–Crippen MR) is 90.1 cm³/mol. The fourth-order valence-electron chi connectivity index (χ4n) is 2.49. The van der Waals surface area contributed by atoms with Gasteiger partial charge in [0.05, 0.1) is 0 Å². The number of thioether (sulfide) groups is 1. The summed E-state index contributed by atoms with van der Waals surface area (Å²) in [6.07, 6.45) is -4.07. The van der Waals surface area contributed by atoms with Crippen LogP contribution < -0.4 is 0 Å². The molecule has 1 rings (SSSR count). The summed E-state index contributed by atoms with van der Waals surface area (Å²) < 4.78 is 26.7. The van der Waals surface area contributed by atoms with Crippen LogP contribution in [-0.4, -0.2) is 66.1 Å². The fraction of sp³-hybridized carbons (Fsp3) is 0.750. The van der Waals surface area contributed by atoms with E-state index in [9.17, 15) is 19.2 Å². The molecule has 1 aliphatic heterocycles. The predicted octanol–water partition coefficient (Wildman–Crippen LogP) is 0.823. The van der Waals surface area contributed by atoms with Crippen molar-refractivity contribution in [2.75, 3.05) is 12.4 Å². The fourth-order valence-corrected chi connectivity index (χ4v) is 3.44. The Hall–Kier alpha value is -1.81. The van der Waals surface area contributed by atoms with Crippen molar-refractivity contribution in [2.45, 2.75) is 64.5 Å². The number of ether oxygens (including phenoxy) is 5. The molecule has 1 saturated heterocycles. The molecule has 0 bridgehead atoms. The van der Waals surface area contributed by atoms with E-state index in [4.69, 9.17) is 23.7 Å². The summed E-state index contributed by atoms with van der Waals surface area (Å²) in [5.74, 6) is -1.81. The van der Waals surface area contributed by atoms with Crippen molar-refractivity contribution in [3.63, 3.8) is 0 Å². The molecule has 26 heavy (non-hydrogen) atoms. The number of carbonyl (C=O) groups excluding carboxylic acids is 4. The minimum atomic E-state index is -1.10. The molecule has 10 heteroatoms. The second-order valence-corrected chi connectivity index (χ2v) is 6.90. The van der Waals surface area contributed by atoms with Gasteiger partial charge in [-0.1, -0.05) is 6.92 Å². The Morgan fingerprint density at radius 2 is 1.31 bits per heavy atom. The highest BCUT2D eigenvalue weighted by atomic mass is 32.2. The van der Waals surface area contributed by atoms with E-state index < -0.39 is 53.7 Å². The molecule has 1 fully saturated rings. The molecule has 0 radical (unpaired) electrons. The number of hydrogen-bond acceptors (Lipinski definition) is 10. The SMILES string of the molecule is CCSC1O[C@H](COC(C)=O)[C@@H](OC(C)=O)[C@H](OC(C)=O)[C@@H]1OC(C)=O. The van der Waals surface area contributed by atoms with Crippen molar-refractivity contribution in [3.05, 3.63) is 0 Å². The van der Waals surface area contributed by atoms with Crippen molar-refractivity contribution in [2.24, 2.45) is 0 Å². The molecular formula is C16H24O9S. The normalized spacial score (nSPS) is 28.0. The lowest BCUT2D eigenvalue weighted by molar-refractivity contribution is -0.237. The van der Waals surface area contributed by atoms with Crippen molar-refractivity contribution < 1.29 is 42.9 Å². The molecule has 0 aromatic carbocycles. The molecule has 0 amide bonds. The van der Waals surface area contributed by atoms with Gasteiger partial charge < -0.3 is 23.7 Å². The molecule has 0 aromatic heterocycles. The van der Waals surface area contributed by atoms with E-state index in [-0.39, 0.29) is 6.61 Å². The molecule has 0 aliphatic carbocycles. The highest BCUT2D eigenvalue weighted by Crippen LogP contribution is 2.34. The third kappa shape index (κ3) is 6.83. The molecule has 5 atom stereocenters. The molecular weight excluding hydrogens is 368 g/mol. The quantitative estimate of drug-likeness (QED) is 0.455. The molecule has 0 aromatic rings. The van der Waals surface area contributed by atoms with Crippen LogP contribution in [0.2, 0.25) is 0 Å². The van der Waals surface area contributed by atoms with Crippen LogP contribution in [0.15, 0.2) is 0 Å². The van der Waals surface area contributed by atoms with Gasteiger partial charge in [0, 0.05) is 27.7 Å². The van der Waals surface area contributed by atoms with Gasteiger partial charge in [-0.15, -0.1) is 11.8 Å². The van der Waals surface area contributed by atoms with Crippen LogP contribution in [0.3, 0.4) is 0 Å². The van der Waals surface area contributed by atoms with Crippen molar-refractivity contribution >= 4 is 35.6 Å². The van der Waals surface area contributed by atoms with Crippen LogP contribution in [0, 0.1) is 0 Å². The standard InChI is InChI=1S/C16H24O9S/c1-6-26-16-15(24-11(5)20)14(23-10(4)19)13(22-9(3)18)12(25-16)7-21-8(2)17/h12-16H,6-7H2,1-5H3/t12-,13-,14+,15+,16?/m1/s1. The van der Waals surface area contributed by atoms with Crippen LogP contribution in [0.4, 0.5) is 0 Å². The molecule has 148 valence electrons. The minimum absolute atomic E-state index is 0.210. The topological polar surface area (TPSA) is 114 Å². The average molecular weight is 392 g/mol. The lowest BCUT2D eigenvalue weighted by atomic mass is 9.99. The van der Waals surface area contributed by atoms with Crippen LogP contribution in [0.1, 0.15) is 34.6 Å². The van der Waals surface area contributed by atoms with E-state index in [1.807, 2.05) is 6.92 Å². The first kappa shape index (κ1) is 22.2. The van der Waals surface area contributed by atoms with Crippen LogP contribution in [0.5, 0.6) is 0 Å². The zero-order valence-electron chi connectivity index (χ0n) is 15.4. The first-order valence-electron chi connectivity index (χ1n) is 8.07. The number of carbonyl (C=O) groups is 4. The average Bonchev–Trinajstić information content (AvgIpc) is 2.50.